The van der Waals surface area contributed by atoms with Gasteiger partial charge in [0.25, 0.3) is 5.91 Å². The number of carbonyl (C=O) groups excluding carboxylic acids is 2. The smallest absolute Gasteiger partial charge is 0.307 e. The Labute approximate surface area is 171 Å². The Hall–Kier alpha value is -3.28. The van der Waals surface area contributed by atoms with E-state index in [-0.39, 0.29) is 31.4 Å². The molecule has 0 spiro atoms. The number of esters is 1. The third-order valence-electron chi connectivity index (χ3n) is 4.28. The fourth-order valence-corrected chi connectivity index (χ4v) is 2.75. The highest BCUT2D eigenvalue weighted by Crippen LogP contribution is 2.28. The summed E-state index contributed by atoms with van der Waals surface area (Å²) in [7, 11) is 2.89. The van der Waals surface area contributed by atoms with Gasteiger partial charge in [-0.1, -0.05) is 48.6 Å². The lowest BCUT2D eigenvalue weighted by molar-refractivity contribution is -0.142. The molecule has 0 bridgehead atoms. The molecule has 154 valence electrons. The van der Waals surface area contributed by atoms with Gasteiger partial charge in [-0.15, -0.1) is 0 Å². The Morgan fingerprint density at radius 2 is 1.79 bits per heavy atom. The molecular weight excluding hydrogens is 370 g/mol. The van der Waals surface area contributed by atoms with Gasteiger partial charge in [0, 0.05) is 13.1 Å². The number of amides is 1. The van der Waals surface area contributed by atoms with Gasteiger partial charge in [0.05, 0.1) is 20.6 Å². The predicted octanol–water partition coefficient (Wildman–Crippen LogP) is 3.70. The summed E-state index contributed by atoms with van der Waals surface area (Å²) >= 11 is 0. The summed E-state index contributed by atoms with van der Waals surface area (Å²) in [6.07, 6.45) is 4.00. The summed E-state index contributed by atoms with van der Waals surface area (Å²) in [5, 5.41) is 0. The SMILES string of the molecule is C/C=C/c1ccc(OCC(=O)N(CCC(=O)OC)Cc2ccccc2)c(OC)c1. The number of methoxy groups -OCH3 is 2. The van der Waals surface area contributed by atoms with Crippen molar-refractivity contribution in [2.75, 3.05) is 27.4 Å². The molecule has 0 N–H and O–H groups in total. The minimum absolute atomic E-state index is 0.121. The Morgan fingerprint density at radius 3 is 2.45 bits per heavy atom. The first kappa shape index (κ1) is 22.0. The standard InChI is InChI=1S/C23H27NO5/c1-4-8-18-11-12-20(21(15-18)27-2)29-17-22(25)24(14-13-23(26)28-3)16-19-9-6-5-7-10-19/h4-12,15H,13-14,16-17H2,1-3H3/b8-4+. The van der Waals surface area contributed by atoms with Crippen LogP contribution in [0.3, 0.4) is 0 Å². The zero-order valence-corrected chi connectivity index (χ0v) is 17.1. The van der Waals surface area contributed by atoms with Crippen molar-refractivity contribution in [3.8, 4) is 11.5 Å². The number of benzene rings is 2. The number of hydrogen-bond donors (Lipinski definition) is 0. The third kappa shape index (κ3) is 6.99. The molecule has 0 atom stereocenters. The van der Waals surface area contributed by atoms with Crippen LogP contribution < -0.4 is 9.47 Å². The van der Waals surface area contributed by atoms with Gasteiger partial charge in [0.2, 0.25) is 0 Å². The fourth-order valence-electron chi connectivity index (χ4n) is 2.75. The Morgan fingerprint density at radius 1 is 1.03 bits per heavy atom. The number of hydrogen-bond acceptors (Lipinski definition) is 5. The predicted molar refractivity (Wildman–Crippen MR) is 112 cm³/mol. The van der Waals surface area contributed by atoms with Crippen LogP contribution in [0.4, 0.5) is 0 Å². The van der Waals surface area contributed by atoms with Crippen molar-refractivity contribution in [1.29, 1.82) is 0 Å². The van der Waals surface area contributed by atoms with Gasteiger partial charge in [-0.2, -0.15) is 0 Å². The molecule has 0 heterocycles. The van der Waals surface area contributed by atoms with Crippen LogP contribution in [0.2, 0.25) is 0 Å². The van der Waals surface area contributed by atoms with Gasteiger partial charge in [-0.25, -0.2) is 0 Å². The van der Waals surface area contributed by atoms with Crippen LogP contribution in [-0.2, 0) is 20.9 Å². The van der Waals surface area contributed by atoms with Crippen LogP contribution in [0.25, 0.3) is 6.08 Å². The normalized spacial score (nSPS) is 10.6. The van der Waals surface area contributed by atoms with E-state index in [0.29, 0.717) is 18.0 Å². The molecule has 0 aliphatic heterocycles. The molecule has 6 heteroatoms. The molecule has 2 rings (SSSR count). The minimum Gasteiger partial charge on any atom is -0.493 e. The Kier molecular flexibility index (Phi) is 8.76. The van der Waals surface area contributed by atoms with Crippen molar-refractivity contribution in [2.45, 2.75) is 19.9 Å². The first-order valence-electron chi connectivity index (χ1n) is 9.39. The quantitative estimate of drug-likeness (QED) is 0.572. The summed E-state index contributed by atoms with van der Waals surface area (Å²) in [5.41, 5.74) is 1.95. The summed E-state index contributed by atoms with van der Waals surface area (Å²) in [5.74, 6) is 0.453. The van der Waals surface area contributed by atoms with Gasteiger partial charge in [0.15, 0.2) is 18.1 Å². The number of rotatable bonds is 10. The van der Waals surface area contributed by atoms with Crippen LogP contribution >= 0.6 is 0 Å². The molecule has 2 aromatic carbocycles. The van der Waals surface area contributed by atoms with E-state index < -0.39 is 0 Å². The van der Waals surface area contributed by atoms with E-state index in [1.807, 2.05) is 61.5 Å². The van der Waals surface area contributed by atoms with Crippen molar-refractivity contribution in [3.05, 3.63) is 65.7 Å². The summed E-state index contributed by atoms with van der Waals surface area (Å²) in [6, 6.07) is 15.1. The maximum absolute atomic E-state index is 12.8. The maximum atomic E-state index is 12.8. The van der Waals surface area contributed by atoms with Gasteiger partial charge in [0.1, 0.15) is 0 Å². The molecule has 0 saturated carbocycles. The van der Waals surface area contributed by atoms with E-state index in [9.17, 15) is 9.59 Å². The lowest BCUT2D eigenvalue weighted by atomic mass is 10.2. The summed E-state index contributed by atoms with van der Waals surface area (Å²) in [6.45, 7) is 2.41. The van der Waals surface area contributed by atoms with Crippen molar-refractivity contribution in [3.63, 3.8) is 0 Å². The van der Waals surface area contributed by atoms with Crippen LogP contribution in [0.1, 0.15) is 24.5 Å². The summed E-state index contributed by atoms with van der Waals surface area (Å²) in [4.78, 5) is 25.9. The molecule has 0 radical (unpaired) electrons. The first-order chi connectivity index (χ1) is 14.1. The van der Waals surface area contributed by atoms with Crippen LogP contribution in [0, 0.1) is 0 Å². The lowest BCUT2D eigenvalue weighted by Gasteiger charge is -2.23. The molecule has 0 saturated heterocycles. The number of nitrogens with zero attached hydrogens (tertiary/aromatic N) is 1. The molecule has 1 amide bonds. The van der Waals surface area contributed by atoms with E-state index in [0.717, 1.165) is 11.1 Å². The van der Waals surface area contributed by atoms with Gasteiger partial charge >= 0.3 is 5.97 Å². The molecule has 0 aliphatic carbocycles. The van der Waals surface area contributed by atoms with E-state index in [1.54, 1.807) is 18.1 Å². The van der Waals surface area contributed by atoms with E-state index in [2.05, 4.69) is 0 Å². The Bertz CT molecular complexity index is 832. The zero-order valence-electron chi connectivity index (χ0n) is 17.1. The minimum atomic E-state index is -0.363. The highest BCUT2D eigenvalue weighted by Gasteiger charge is 2.17. The van der Waals surface area contributed by atoms with E-state index >= 15 is 0 Å². The van der Waals surface area contributed by atoms with Crippen molar-refractivity contribution in [2.24, 2.45) is 0 Å². The molecule has 0 unspecified atom stereocenters. The second-order valence-corrected chi connectivity index (χ2v) is 6.33. The van der Waals surface area contributed by atoms with Crippen LogP contribution in [-0.4, -0.2) is 44.1 Å². The first-order valence-corrected chi connectivity index (χ1v) is 9.39. The number of allylic oxidation sites excluding steroid dienone is 1. The van der Waals surface area contributed by atoms with Gasteiger partial charge in [-0.3, -0.25) is 9.59 Å². The maximum Gasteiger partial charge on any atom is 0.307 e. The van der Waals surface area contributed by atoms with Crippen molar-refractivity contribution in [1.82, 2.24) is 4.90 Å². The molecule has 29 heavy (non-hydrogen) atoms. The average Bonchev–Trinajstić information content (AvgIpc) is 2.75. The zero-order chi connectivity index (χ0) is 21.1. The van der Waals surface area contributed by atoms with Crippen LogP contribution in [0.15, 0.2) is 54.6 Å². The van der Waals surface area contributed by atoms with Gasteiger partial charge < -0.3 is 19.1 Å². The molecule has 0 aliphatic rings. The highest BCUT2D eigenvalue weighted by molar-refractivity contribution is 5.79. The van der Waals surface area contributed by atoms with Crippen molar-refractivity contribution >= 4 is 18.0 Å². The highest BCUT2D eigenvalue weighted by atomic mass is 16.5. The third-order valence-corrected chi connectivity index (χ3v) is 4.28. The molecule has 0 fully saturated rings. The molecule has 2 aromatic rings. The van der Waals surface area contributed by atoms with E-state index in [1.165, 1.54) is 7.11 Å². The monoisotopic (exact) mass is 397 g/mol. The Balaban J connectivity index is 2.07. The van der Waals surface area contributed by atoms with Gasteiger partial charge in [-0.05, 0) is 30.2 Å². The van der Waals surface area contributed by atoms with Crippen molar-refractivity contribution < 1.29 is 23.8 Å². The van der Waals surface area contributed by atoms with E-state index in [4.69, 9.17) is 14.2 Å². The average molecular weight is 397 g/mol. The topological polar surface area (TPSA) is 65.1 Å². The lowest BCUT2D eigenvalue weighted by Crippen LogP contribution is -2.36. The largest absolute Gasteiger partial charge is 0.493 e. The molecule has 6 nitrogen and oxygen atoms in total. The fraction of sp³-hybridized carbons (Fsp3) is 0.304. The number of carbonyl (C=O) groups is 2. The second kappa shape index (κ2) is 11.5. The molecular formula is C23H27NO5. The second-order valence-electron chi connectivity index (χ2n) is 6.33. The summed E-state index contributed by atoms with van der Waals surface area (Å²) < 4.78 is 15.8. The molecule has 0 aromatic heterocycles. The number of ether oxygens (including phenoxy) is 3. The van der Waals surface area contributed by atoms with Crippen LogP contribution in [0.5, 0.6) is 11.5 Å².